The average molecular weight is 280 g/mol. The molecule has 0 atom stereocenters. The number of nitrogens with one attached hydrogen (secondary N) is 2. The molecular formula is C17H16N2O2. The molecule has 2 amide bonds. The third-order valence-corrected chi connectivity index (χ3v) is 2.73. The molecule has 4 heteroatoms. The first kappa shape index (κ1) is 14.5. The Kier molecular flexibility index (Phi) is 4.88. The fourth-order valence-electron chi connectivity index (χ4n) is 1.82. The summed E-state index contributed by atoms with van der Waals surface area (Å²) in [6.07, 6.45) is 3.11. The van der Waals surface area contributed by atoms with E-state index in [1.165, 1.54) is 13.0 Å². The molecule has 0 saturated carbocycles. The van der Waals surface area contributed by atoms with Crippen LogP contribution in [-0.2, 0) is 9.59 Å². The van der Waals surface area contributed by atoms with Gasteiger partial charge in [-0.05, 0) is 29.8 Å². The number of hydrogen-bond acceptors (Lipinski definition) is 2. The first-order chi connectivity index (χ1) is 10.1. The van der Waals surface area contributed by atoms with Gasteiger partial charge in [-0.3, -0.25) is 9.59 Å². The van der Waals surface area contributed by atoms with E-state index in [9.17, 15) is 9.59 Å². The van der Waals surface area contributed by atoms with Gasteiger partial charge in [0.05, 0.1) is 0 Å². The Labute approximate surface area is 123 Å². The third-order valence-electron chi connectivity index (χ3n) is 2.73. The van der Waals surface area contributed by atoms with Gasteiger partial charge in [0.2, 0.25) is 11.8 Å². The van der Waals surface area contributed by atoms with E-state index in [0.29, 0.717) is 5.69 Å². The molecule has 0 bridgehead atoms. The van der Waals surface area contributed by atoms with Gasteiger partial charge in [-0.25, -0.2) is 0 Å². The van der Waals surface area contributed by atoms with Gasteiger partial charge in [-0.1, -0.05) is 36.4 Å². The van der Waals surface area contributed by atoms with E-state index in [4.69, 9.17) is 0 Å². The highest BCUT2D eigenvalue weighted by atomic mass is 16.2. The predicted molar refractivity (Wildman–Crippen MR) is 84.9 cm³/mol. The largest absolute Gasteiger partial charge is 0.326 e. The molecule has 2 N–H and O–H groups in total. The van der Waals surface area contributed by atoms with Crippen LogP contribution >= 0.6 is 0 Å². The summed E-state index contributed by atoms with van der Waals surface area (Å²) < 4.78 is 0. The van der Waals surface area contributed by atoms with Gasteiger partial charge in [-0.2, -0.15) is 0 Å². The van der Waals surface area contributed by atoms with Crippen molar-refractivity contribution in [3.8, 4) is 0 Å². The number of amides is 2. The first-order valence-electron chi connectivity index (χ1n) is 6.56. The number of carbonyl (C=O) groups is 2. The number of hydrogen-bond donors (Lipinski definition) is 2. The van der Waals surface area contributed by atoms with Crippen molar-refractivity contribution >= 4 is 29.3 Å². The molecule has 106 valence electrons. The maximum absolute atomic E-state index is 11.8. The summed E-state index contributed by atoms with van der Waals surface area (Å²) in [6, 6.07) is 16.5. The van der Waals surface area contributed by atoms with Crippen LogP contribution in [0, 0.1) is 0 Å². The van der Waals surface area contributed by atoms with E-state index >= 15 is 0 Å². The number of benzene rings is 2. The van der Waals surface area contributed by atoms with Gasteiger partial charge in [0, 0.05) is 24.4 Å². The van der Waals surface area contributed by atoms with Crippen LogP contribution in [0.4, 0.5) is 11.4 Å². The molecule has 0 unspecified atom stereocenters. The van der Waals surface area contributed by atoms with E-state index in [1.807, 2.05) is 48.5 Å². The number of carbonyl (C=O) groups excluding carboxylic acids is 2. The van der Waals surface area contributed by atoms with Crippen molar-refractivity contribution in [2.45, 2.75) is 6.92 Å². The summed E-state index contributed by atoms with van der Waals surface area (Å²) in [5.74, 6) is -0.372. The van der Waals surface area contributed by atoms with Crippen LogP contribution in [0.15, 0.2) is 60.7 Å². The van der Waals surface area contributed by atoms with Crippen molar-refractivity contribution < 1.29 is 9.59 Å². The Bertz CT molecular complexity index is 664. The summed E-state index contributed by atoms with van der Waals surface area (Å²) in [5.41, 5.74) is 2.19. The highest BCUT2D eigenvalue weighted by molar-refractivity contribution is 6.02. The molecule has 0 aliphatic carbocycles. The maximum atomic E-state index is 11.8. The van der Waals surface area contributed by atoms with Crippen molar-refractivity contribution in [2.75, 3.05) is 10.6 Å². The van der Waals surface area contributed by atoms with Gasteiger partial charge in [-0.15, -0.1) is 0 Å². The Balaban J connectivity index is 2.07. The summed E-state index contributed by atoms with van der Waals surface area (Å²) in [4.78, 5) is 23.0. The Morgan fingerprint density at radius 1 is 0.905 bits per heavy atom. The summed E-state index contributed by atoms with van der Waals surface area (Å²) in [7, 11) is 0. The Morgan fingerprint density at radius 2 is 1.57 bits per heavy atom. The fourth-order valence-corrected chi connectivity index (χ4v) is 1.82. The predicted octanol–water partition coefficient (Wildman–Crippen LogP) is 3.30. The summed E-state index contributed by atoms with van der Waals surface area (Å²) in [6.45, 7) is 1.45. The van der Waals surface area contributed by atoms with Gasteiger partial charge in [0.25, 0.3) is 0 Å². The molecule has 0 aliphatic heterocycles. The molecule has 0 radical (unpaired) electrons. The molecule has 0 saturated heterocycles. The highest BCUT2D eigenvalue weighted by Crippen LogP contribution is 2.16. The summed E-state index contributed by atoms with van der Waals surface area (Å²) >= 11 is 0. The Hall–Kier alpha value is -2.88. The van der Waals surface area contributed by atoms with Crippen LogP contribution in [0.25, 0.3) is 6.08 Å². The standard InChI is InChI=1S/C17H16N2O2/c1-13(20)18-16-10-6-5-7-14(16)11-12-17(21)19-15-8-3-2-4-9-15/h2-12H,1H3,(H,18,20)(H,19,21)/b12-11+. The van der Waals surface area contributed by atoms with Crippen LogP contribution < -0.4 is 10.6 Å². The molecule has 4 nitrogen and oxygen atoms in total. The van der Waals surface area contributed by atoms with E-state index in [1.54, 1.807) is 12.1 Å². The second-order valence-electron chi connectivity index (χ2n) is 4.46. The van der Waals surface area contributed by atoms with E-state index < -0.39 is 0 Å². The van der Waals surface area contributed by atoms with Crippen molar-refractivity contribution in [1.29, 1.82) is 0 Å². The van der Waals surface area contributed by atoms with Gasteiger partial charge in [0.1, 0.15) is 0 Å². The third kappa shape index (κ3) is 4.62. The molecule has 0 spiro atoms. The molecule has 2 aromatic rings. The number of para-hydroxylation sites is 2. The van der Waals surface area contributed by atoms with Crippen molar-refractivity contribution in [3.05, 3.63) is 66.2 Å². The molecule has 21 heavy (non-hydrogen) atoms. The first-order valence-corrected chi connectivity index (χ1v) is 6.56. The number of rotatable bonds is 4. The number of anilines is 2. The van der Waals surface area contributed by atoms with E-state index in [-0.39, 0.29) is 11.8 Å². The zero-order chi connectivity index (χ0) is 15.1. The maximum Gasteiger partial charge on any atom is 0.248 e. The zero-order valence-electron chi connectivity index (χ0n) is 11.7. The lowest BCUT2D eigenvalue weighted by Crippen LogP contribution is -2.08. The highest BCUT2D eigenvalue weighted by Gasteiger charge is 2.01. The average Bonchev–Trinajstić information content (AvgIpc) is 2.47. The fraction of sp³-hybridized carbons (Fsp3) is 0.0588. The summed E-state index contributed by atoms with van der Waals surface area (Å²) in [5, 5.41) is 5.48. The van der Waals surface area contributed by atoms with Crippen molar-refractivity contribution in [2.24, 2.45) is 0 Å². The monoisotopic (exact) mass is 280 g/mol. The molecular weight excluding hydrogens is 264 g/mol. The SMILES string of the molecule is CC(=O)Nc1ccccc1/C=C/C(=O)Nc1ccccc1. The van der Waals surface area contributed by atoms with Gasteiger partial charge in [0.15, 0.2) is 0 Å². The molecule has 2 rings (SSSR count). The lowest BCUT2D eigenvalue weighted by molar-refractivity contribution is -0.114. The molecule has 0 aliphatic rings. The topological polar surface area (TPSA) is 58.2 Å². The molecule has 0 heterocycles. The molecule has 2 aromatic carbocycles. The second kappa shape index (κ2) is 7.05. The zero-order valence-corrected chi connectivity index (χ0v) is 11.7. The van der Waals surface area contributed by atoms with Crippen LogP contribution in [0.5, 0.6) is 0 Å². The minimum absolute atomic E-state index is 0.149. The quantitative estimate of drug-likeness (QED) is 0.844. The van der Waals surface area contributed by atoms with E-state index in [0.717, 1.165) is 11.3 Å². The lowest BCUT2D eigenvalue weighted by atomic mass is 10.1. The van der Waals surface area contributed by atoms with Crippen molar-refractivity contribution in [1.82, 2.24) is 0 Å². The van der Waals surface area contributed by atoms with Gasteiger partial charge >= 0.3 is 0 Å². The van der Waals surface area contributed by atoms with Crippen LogP contribution in [-0.4, -0.2) is 11.8 Å². The Morgan fingerprint density at radius 3 is 2.29 bits per heavy atom. The molecule has 0 fully saturated rings. The van der Waals surface area contributed by atoms with E-state index in [2.05, 4.69) is 10.6 Å². The minimum Gasteiger partial charge on any atom is -0.326 e. The van der Waals surface area contributed by atoms with Crippen molar-refractivity contribution in [3.63, 3.8) is 0 Å². The normalized spacial score (nSPS) is 10.3. The van der Waals surface area contributed by atoms with Crippen LogP contribution in [0.2, 0.25) is 0 Å². The smallest absolute Gasteiger partial charge is 0.248 e. The molecule has 0 aromatic heterocycles. The van der Waals surface area contributed by atoms with Gasteiger partial charge < -0.3 is 10.6 Å². The minimum atomic E-state index is -0.223. The van der Waals surface area contributed by atoms with Crippen LogP contribution in [0.3, 0.4) is 0 Å². The van der Waals surface area contributed by atoms with Crippen LogP contribution in [0.1, 0.15) is 12.5 Å². The second-order valence-corrected chi connectivity index (χ2v) is 4.46. The lowest BCUT2D eigenvalue weighted by Gasteiger charge is -2.06.